The van der Waals surface area contributed by atoms with Crippen LogP contribution in [0.15, 0.2) is 28.1 Å². The number of hydrogen-bond acceptors (Lipinski definition) is 3. The topological polar surface area (TPSA) is 47.2 Å². The zero-order valence-electron chi connectivity index (χ0n) is 12.4. The van der Waals surface area contributed by atoms with Gasteiger partial charge in [-0.3, -0.25) is 0 Å². The molecule has 4 nitrogen and oxygen atoms in total. The molecule has 0 saturated carbocycles. The summed E-state index contributed by atoms with van der Waals surface area (Å²) in [7, 11) is 0. The highest BCUT2D eigenvalue weighted by molar-refractivity contribution is 6.31. The first-order valence-corrected chi connectivity index (χ1v) is 7.69. The van der Waals surface area contributed by atoms with Gasteiger partial charge in [-0.05, 0) is 37.0 Å². The lowest BCUT2D eigenvalue weighted by molar-refractivity contribution is 0.565. The Balaban J connectivity index is 2.38. The number of benzene rings is 1. The molecular formula is C16H18ClN3O. The molecule has 1 unspecified atom stereocenters. The van der Waals surface area contributed by atoms with Gasteiger partial charge in [-0.1, -0.05) is 32.4 Å². The van der Waals surface area contributed by atoms with Crippen molar-refractivity contribution in [2.24, 2.45) is 11.0 Å². The molecule has 1 aliphatic rings. The van der Waals surface area contributed by atoms with Crippen molar-refractivity contribution in [1.82, 2.24) is 9.66 Å². The fourth-order valence-corrected chi connectivity index (χ4v) is 3.05. The molecule has 110 valence electrons. The minimum absolute atomic E-state index is 0.275. The van der Waals surface area contributed by atoms with Crippen LogP contribution in [0, 0.1) is 5.92 Å². The first-order valence-electron chi connectivity index (χ1n) is 7.31. The Kier molecular flexibility index (Phi) is 3.57. The Labute approximate surface area is 128 Å². The molecule has 0 bridgehead atoms. The summed E-state index contributed by atoms with van der Waals surface area (Å²) in [5.74, 6) is 0.603. The van der Waals surface area contributed by atoms with Gasteiger partial charge in [0.15, 0.2) is 0 Å². The number of fused-ring (bicyclic) bond motifs is 3. The van der Waals surface area contributed by atoms with E-state index in [9.17, 15) is 4.79 Å². The SMILES string of the molecule is CCC1CC(C(C)C)=Nn2c1c1cc(Cl)ccc1nc2=O. The summed E-state index contributed by atoms with van der Waals surface area (Å²) < 4.78 is 1.48. The van der Waals surface area contributed by atoms with E-state index in [2.05, 4.69) is 30.9 Å². The van der Waals surface area contributed by atoms with E-state index in [4.69, 9.17) is 11.6 Å². The van der Waals surface area contributed by atoms with Gasteiger partial charge < -0.3 is 0 Å². The van der Waals surface area contributed by atoms with E-state index >= 15 is 0 Å². The summed E-state index contributed by atoms with van der Waals surface area (Å²) in [6.07, 6.45) is 1.84. The van der Waals surface area contributed by atoms with Gasteiger partial charge in [0, 0.05) is 22.0 Å². The number of nitrogens with zero attached hydrogens (tertiary/aromatic N) is 3. The molecular weight excluding hydrogens is 286 g/mol. The summed E-state index contributed by atoms with van der Waals surface area (Å²) in [6.45, 7) is 6.35. The fourth-order valence-electron chi connectivity index (χ4n) is 2.88. The number of hydrogen-bond donors (Lipinski definition) is 0. The van der Waals surface area contributed by atoms with Crippen LogP contribution in [0.5, 0.6) is 0 Å². The summed E-state index contributed by atoms with van der Waals surface area (Å²) in [5, 5.41) is 6.12. The fraction of sp³-hybridized carbons (Fsp3) is 0.438. The maximum absolute atomic E-state index is 12.3. The molecule has 0 fully saturated rings. The van der Waals surface area contributed by atoms with Crippen molar-refractivity contribution >= 4 is 28.2 Å². The highest BCUT2D eigenvalue weighted by Crippen LogP contribution is 2.33. The average molecular weight is 304 g/mol. The van der Waals surface area contributed by atoms with Crippen LogP contribution in [0.25, 0.3) is 10.9 Å². The van der Waals surface area contributed by atoms with E-state index in [0.29, 0.717) is 16.5 Å². The number of aromatic nitrogens is 2. The second kappa shape index (κ2) is 5.26. The van der Waals surface area contributed by atoms with Crippen molar-refractivity contribution in [3.8, 4) is 0 Å². The van der Waals surface area contributed by atoms with Crippen molar-refractivity contribution in [2.75, 3.05) is 0 Å². The van der Waals surface area contributed by atoms with Crippen LogP contribution in [0.3, 0.4) is 0 Å². The van der Waals surface area contributed by atoms with Crippen LogP contribution in [-0.4, -0.2) is 15.4 Å². The van der Waals surface area contributed by atoms with Gasteiger partial charge in [0.1, 0.15) is 0 Å². The van der Waals surface area contributed by atoms with Crippen molar-refractivity contribution < 1.29 is 0 Å². The van der Waals surface area contributed by atoms with Crippen LogP contribution < -0.4 is 5.69 Å². The molecule has 5 heteroatoms. The Morgan fingerprint density at radius 2 is 2.19 bits per heavy atom. The normalized spacial score (nSPS) is 18.0. The van der Waals surface area contributed by atoms with E-state index in [1.807, 2.05) is 6.07 Å². The van der Waals surface area contributed by atoms with Gasteiger partial charge in [0.2, 0.25) is 0 Å². The Bertz CT molecular complexity index is 792. The lowest BCUT2D eigenvalue weighted by Gasteiger charge is -2.27. The summed E-state index contributed by atoms with van der Waals surface area (Å²) >= 11 is 6.12. The second-order valence-electron chi connectivity index (χ2n) is 5.81. The maximum atomic E-state index is 12.3. The molecule has 0 aliphatic carbocycles. The number of halogens is 1. The lowest BCUT2D eigenvalue weighted by Crippen LogP contribution is -2.31. The standard InChI is InChI=1S/C16H18ClN3O/c1-4-10-7-14(9(2)3)19-20-15(10)12-8-11(17)5-6-13(12)18-16(20)21/h5-6,8-10H,4,7H2,1-3H3. The van der Waals surface area contributed by atoms with Crippen molar-refractivity contribution in [3.05, 3.63) is 39.4 Å². The molecule has 3 rings (SSSR count). The highest BCUT2D eigenvalue weighted by atomic mass is 35.5. The van der Waals surface area contributed by atoms with Crippen LogP contribution in [-0.2, 0) is 0 Å². The predicted octanol–water partition coefficient (Wildman–Crippen LogP) is 3.81. The Hall–Kier alpha value is -1.68. The molecule has 1 aliphatic heterocycles. The molecule has 2 aromatic rings. The van der Waals surface area contributed by atoms with Crippen LogP contribution >= 0.6 is 11.6 Å². The summed E-state index contributed by atoms with van der Waals surface area (Å²) in [5.41, 5.74) is 2.38. The third-order valence-corrected chi connectivity index (χ3v) is 4.33. The summed E-state index contributed by atoms with van der Waals surface area (Å²) in [4.78, 5) is 16.4. The zero-order chi connectivity index (χ0) is 15.1. The van der Waals surface area contributed by atoms with E-state index in [-0.39, 0.29) is 11.6 Å². The smallest absolute Gasteiger partial charge is 0.244 e. The second-order valence-corrected chi connectivity index (χ2v) is 6.24. The third kappa shape index (κ3) is 2.38. The van der Waals surface area contributed by atoms with Crippen LogP contribution in [0.1, 0.15) is 45.2 Å². The van der Waals surface area contributed by atoms with Crippen molar-refractivity contribution in [3.63, 3.8) is 0 Å². The Morgan fingerprint density at radius 3 is 2.86 bits per heavy atom. The van der Waals surface area contributed by atoms with Crippen molar-refractivity contribution in [1.29, 1.82) is 0 Å². The molecule has 0 radical (unpaired) electrons. The van der Waals surface area contributed by atoms with Gasteiger partial charge in [-0.2, -0.15) is 14.8 Å². The molecule has 0 saturated heterocycles. The Morgan fingerprint density at radius 1 is 1.43 bits per heavy atom. The molecule has 1 aromatic carbocycles. The van der Waals surface area contributed by atoms with E-state index in [0.717, 1.165) is 29.6 Å². The van der Waals surface area contributed by atoms with Crippen LogP contribution in [0.4, 0.5) is 0 Å². The van der Waals surface area contributed by atoms with Gasteiger partial charge in [0.25, 0.3) is 0 Å². The average Bonchev–Trinajstić information content (AvgIpc) is 2.47. The largest absolute Gasteiger partial charge is 0.369 e. The van der Waals surface area contributed by atoms with Gasteiger partial charge >= 0.3 is 5.69 Å². The first-order chi connectivity index (χ1) is 10.0. The van der Waals surface area contributed by atoms with E-state index in [1.54, 1.807) is 12.1 Å². The molecule has 2 heterocycles. The van der Waals surface area contributed by atoms with E-state index in [1.165, 1.54) is 4.68 Å². The molecule has 1 aromatic heterocycles. The summed E-state index contributed by atoms with van der Waals surface area (Å²) in [6, 6.07) is 5.45. The maximum Gasteiger partial charge on any atom is 0.369 e. The zero-order valence-corrected chi connectivity index (χ0v) is 13.2. The molecule has 0 N–H and O–H groups in total. The van der Waals surface area contributed by atoms with Gasteiger partial charge in [-0.25, -0.2) is 4.79 Å². The first kappa shape index (κ1) is 14.3. The molecule has 0 amide bonds. The lowest BCUT2D eigenvalue weighted by atomic mass is 9.88. The highest BCUT2D eigenvalue weighted by Gasteiger charge is 2.26. The monoisotopic (exact) mass is 303 g/mol. The van der Waals surface area contributed by atoms with Crippen molar-refractivity contribution in [2.45, 2.75) is 39.5 Å². The van der Waals surface area contributed by atoms with E-state index < -0.39 is 0 Å². The molecule has 21 heavy (non-hydrogen) atoms. The van der Waals surface area contributed by atoms with Gasteiger partial charge in [0.05, 0.1) is 11.2 Å². The van der Waals surface area contributed by atoms with Crippen LogP contribution in [0.2, 0.25) is 5.02 Å². The third-order valence-electron chi connectivity index (χ3n) is 4.09. The number of rotatable bonds is 2. The minimum Gasteiger partial charge on any atom is -0.244 e. The minimum atomic E-state index is -0.309. The molecule has 1 atom stereocenters. The predicted molar refractivity (Wildman–Crippen MR) is 86.3 cm³/mol. The quantitative estimate of drug-likeness (QED) is 0.847. The van der Waals surface area contributed by atoms with Gasteiger partial charge in [-0.15, -0.1) is 0 Å². The molecule has 0 spiro atoms.